The molecule has 102 valence electrons. The lowest BCUT2D eigenvalue weighted by Gasteiger charge is -2.17. The van der Waals surface area contributed by atoms with Crippen molar-refractivity contribution in [2.24, 2.45) is 0 Å². The second-order valence-corrected chi connectivity index (χ2v) is 5.79. The molecule has 0 aliphatic carbocycles. The third-order valence-electron chi connectivity index (χ3n) is 3.09. The van der Waals surface area contributed by atoms with Gasteiger partial charge in [-0.25, -0.2) is 4.79 Å². The molecule has 1 aliphatic rings. The van der Waals surface area contributed by atoms with E-state index in [2.05, 4.69) is 26.2 Å². The summed E-state index contributed by atoms with van der Waals surface area (Å²) < 4.78 is 6.21. The van der Waals surface area contributed by atoms with Crippen LogP contribution in [0.3, 0.4) is 0 Å². The lowest BCUT2D eigenvalue weighted by Crippen LogP contribution is -2.19. The fourth-order valence-electron chi connectivity index (χ4n) is 2.19. The highest BCUT2D eigenvalue weighted by molar-refractivity contribution is 9.10. The van der Waals surface area contributed by atoms with Gasteiger partial charge in [0.2, 0.25) is 0 Å². The first-order valence-corrected chi connectivity index (χ1v) is 7.13. The Kier molecular flexibility index (Phi) is 3.63. The highest BCUT2D eigenvalue weighted by atomic mass is 79.9. The minimum Gasteiger partial charge on any atom is -0.439 e. The Hall–Kier alpha value is -1.59. The molecule has 1 saturated heterocycles. The van der Waals surface area contributed by atoms with Gasteiger partial charge in [-0.2, -0.15) is 0 Å². The number of cyclic esters (lactones) is 1. The number of hydrogen-bond acceptors (Lipinski definition) is 3. The average molecular weight is 354 g/mol. The Morgan fingerprint density at radius 3 is 2.65 bits per heavy atom. The quantitative estimate of drug-likeness (QED) is 0.887. The van der Waals surface area contributed by atoms with Gasteiger partial charge in [0.15, 0.2) is 6.10 Å². The van der Waals surface area contributed by atoms with Crippen molar-refractivity contribution in [2.75, 3.05) is 0 Å². The predicted octanol–water partition coefficient (Wildman–Crippen LogP) is 4.02. The molecule has 1 amide bonds. The first-order valence-electron chi connectivity index (χ1n) is 5.96. The topological polar surface area (TPSA) is 51.2 Å². The van der Waals surface area contributed by atoms with Crippen LogP contribution >= 0.6 is 27.5 Å². The normalized spacial score (nSPS) is 21.4. The summed E-state index contributed by atoms with van der Waals surface area (Å²) >= 11 is 9.26. The molecule has 6 heteroatoms. The molecule has 0 unspecified atom stereocenters. The number of aromatic nitrogens is 1. The highest BCUT2D eigenvalue weighted by Gasteiger charge is 2.36. The maximum absolute atomic E-state index is 11.6. The van der Waals surface area contributed by atoms with Crippen molar-refractivity contribution in [2.45, 2.75) is 12.1 Å². The van der Waals surface area contributed by atoms with E-state index in [1.807, 2.05) is 18.2 Å². The van der Waals surface area contributed by atoms with Crippen molar-refractivity contribution in [3.63, 3.8) is 0 Å². The van der Waals surface area contributed by atoms with Gasteiger partial charge in [0.05, 0.1) is 0 Å². The number of halogens is 2. The zero-order chi connectivity index (χ0) is 14.1. The molecule has 1 fully saturated rings. The van der Waals surface area contributed by atoms with Crippen molar-refractivity contribution in [1.29, 1.82) is 0 Å². The van der Waals surface area contributed by atoms with Crippen LogP contribution in [0.2, 0.25) is 5.02 Å². The van der Waals surface area contributed by atoms with Crippen LogP contribution in [-0.2, 0) is 4.74 Å². The van der Waals surface area contributed by atoms with Gasteiger partial charge in [-0.05, 0) is 45.3 Å². The van der Waals surface area contributed by atoms with E-state index >= 15 is 0 Å². The number of carbonyl (C=O) groups excluding carboxylic acids is 1. The summed E-state index contributed by atoms with van der Waals surface area (Å²) in [6, 6.07) is 8.90. The minimum absolute atomic E-state index is 0.270. The molecule has 4 nitrogen and oxygen atoms in total. The van der Waals surface area contributed by atoms with Gasteiger partial charge in [0.1, 0.15) is 6.04 Å². The number of rotatable bonds is 2. The second-order valence-electron chi connectivity index (χ2n) is 4.44. The van der Waals surface area contributed by atoms with Crippen LogP contribution < -0.4 is 5.32 Å². The zero-order valence-corrected chi connectivity index (χ0v) is 12.6. The molecule has 0 bridgehead atoms. The maximum atomic E-state index is 11.6. The molecule has 1 aromatic heterocycles. The van der Waals surface area contributed by atoms with Crippen LogP contribution in [-0.4, -0.2) is 11.1 Å². The molecule has 0 radical (unpaired) electrons. The monoisotopic (exact) mass is 352 g/mol. The van der Waals surface area contributed by atoms with E-state index in [1.54, 1.807) is 24.5 Å². The third-order valence-corrected chi connectivity index (χ3v) is 3.78. The van der Waals surface area contributed by atoms with Gasteiger partial charge in [0.25, 0.3) is 0 Å². The number of amides is 1. The Bertz CT molecular complexity index is 648. The molecule has 3 rings (SSSR count). The van der Waals surface area contributed by atoms with E-state index in [-0.39, 0.29) is 6.04 Å². The lowest BCUT2D eigenvalue weighted by molar-refractivity contribution is 0.132. The van der Waals surface area contributed by atoms with E-state index in [1.165, 1.54) is 0 Å². The molecular weight excluding hydrogens is 344 g/mol. The van der Waals surface area contributed by atoms with E-state index in [9.17, 15) is 4.79 Å². The predicted molar refractivity (Wildman–Crippen MR) is 78.5 cm³/mol. The summed E-state index contributed by atoms with van der Waals surface area (Å²) in [5.74, 6) is 0. The fourth-order valence-corrected chi connectivity index (χ4v) is 2.70. The molecule has 0 saturated carbocycles. The number of hydrogen-bond donors (Lipinski definition) is 1. The van der Waals surface area contributed by atoms with Gasteiger partial charge in [-0.3, -0.25) is 4.98 Å². The molecular formula is C14H10BrClN2O2. The number of ether oxygens (including phenoxy) is 1. The lowest BCUT2D eigenvalue weighted by atomic mass is 9.98. The first kappa shape index (κ1) is 13.4. The van der Waals surface area contributed by atoms with E-state index in [0.717, 1.165) is 15.6 Å². The van der Waals surface area contributed by atoms with Crippen molar-refractivity contribution in [3.8, 4) is 0 Å². The molecule has 0 spiro atoms. The van der Waals surface area contributed by atoms with Gasteiger partial charge in [0, 0.05) is 21.9 Å². The number of carbonyl (C=O) groups is 1. The third kappa shape index (κ3) is 2.64. The van der Waals surface area contributed by atoms with Crippen LogP contribution in [0, 0.1) is 0 Å². The smallest absolute Gasteiger partial charge is 0.408 e. The zero-order valence-electron chi connectivity index (χ0n) is 10.2. The summed E-state index contributed by atoms with van der Waals surface area (Å²) in [5, 5.41) is 3.45. The largest absolute Gasteiger partial charge is 0.439 e. The standard InChI is InChI=1S/C14H10BrClN2O2/c15-10-5-9(6-17-7-10)12-13(20-14(19)18-12)8-1-3-11(16)4-2-8/h1-7,12-13H,(H,18,19)/t12-,13-/m1/s1. The van der Waals surface area contributed by atoms with E-state index < -0.39 is 12.2 Å². The Balaban J connectivity index is 1.96. The Labute approximate surface area is 129 Å². The number of nitrogens with one attached hydrogen (secondary N) is 1. The summed E-state index contributed by atoms with van der Waals surface area (Å²) in [4.78, 5) is 15.7. The molecule has 2 atom stereocenters. The molecule has 2 aromatic rings. The number of benzene rings is 1. The SMILES string of the molecule is O=C1N[C@H](c2cncc(Br)c2)[C@@H](c2ccc(Cl)cc2)O1. The summed E-state index contributed by atoms with van der Waals surface area (Å²) in [7, 11) is 0. The number of pyridine rings is 1. The molecule has 20 heavy (non-hydrogen) atoms. The fraction of sp³-hybridized carbons (Fsp3) is 0.143. The molecule has 2 heterocycles. The van der Waals surface area contributed by atoms with Crippen LogP contribution in [0.25, 0.3) is 0 Å². The highest BCUT2D eigenvalue weighted by Crippen LogP contribution is 2.37. The van der Waals surface area contributed by atoms with Crippen molar-refractivity contribution in [1.82, 2.24) is 10.3 Å². The van der Waals surface area contributed by atoms with Crippen molar-refractivity contribution >= 4 is 33.6 Å². The van der Waals surface area contributed by atoms with Crippen LogP contribution in [0.4, 0.5) is 4.79 Å². The van der Waals surface area contributed by atoms with Crippen molar-refractivity contribution in [3.05, 3.63) is 63.3 Å². The van der Waals surface area contributed by atoms with Gasteiger partial charge < -0.3 is 10.1 Å². The molecule has 1 N–H and O–H groups in total. The summed E-state index contributed by atoms with van der Waals surface area (Å²) in [5.41, 5.74) is 1.77. The van der Waals surface area contributed by atoms with E-state index in [4.69, 9.17) is 16.3 Å². The molecule has 1 aromatic carbocycles. The van der Waals surface area contributed by atoms with Gasteiger partial charge in [-0.15, -0.1) is 0 Å². The van der Waals surface area contributed by atoms with Crippen LogP contribution in [0.15, 0.2) is 47.2 Å². The Morgan fingerprint density at radius 1 is 1.20 bits per heavy atom. The first-order chi connectivity index (χ1) is 9.63. The van der Waals surface area contributed by atoms with Crippen molar-refractivity contribution < 1.29 is 9.53 Å². The molecule has 1 aliphatic heterocycles. The van der Waals surface area contributed by atoms with Crippen LogP contribution in [0.1, 0.15) is 23.3 Å². The average Bonchev–Trinajstić information content (AvgIpc) is 2.82. The number of nitrogens with zero attached hydrogens (tertiary/aromatic N) is 1. The van der Waals surface area contributed by atoms with Gasteiger partial charge >= 0.3 is 6.09 Å². The summed E-state index contributed by atoms with van der Waals surface area (Å²) in [6.07, 6.45) is 2.58. The van der Waals surface area contributed by atoms with E-state index in [0.29, 0.717) is 5.02 Å². The minimum atomic E-state index is -0.435. The second kappa shape index (κ2) is 5.42. The number of alkyl carbamates (subject to hydrolysis) is 1. The Morgan fingerprint density at radius 2 is 1.95 bits per heavy atom. The van der Waals surface area contributed by atoms with Crippen LogP contribution in [0.5, 0.6) is 0 Å². The van der Waals surface area contributed by atoms with Gasteiger partial charge in [-0.1, -0.05) is 23.7 Å². The summed E-state index contributed by atoms with van der Waals surface area (Å²) in [6.45, 7) is 0. The maximum Gasteiger partial charge on any atom is 0.408 e.